The lowest BCUT2D eigenvalue weighted by Crippen LogP contribution is -2.72. The molecular weight excluding hydrogens is 373 g/mol. The van der Waals surface area contributed by atoms with Crippen molar-refractivity contribution < 1.29 is 23.1 Å². The largest absolute Gasteiger partial charge is 0.437 e. The number of rotatable bonds is 3. The van der Waals surface area contributed by atoms with Crippen molar-refractivity contribution in [2.24, 2.45) is 5.92 Å². The van der Waals surface area contributed by atoms with Gasteiger partial charge >= 0.3 is 6.18 Å². The van der Waals surface area contributed by atoms with E-state index in [1.807, 2.05) is 5.32 Å². The van der Waals surface area contributed by atoms with Gasteiger partial charge in [0, 0.05) is 0 Å². The molecule has 3 atom stereocenters. The lowest BCUT2D eigenvalue weighted by Gasteiger charge is -2.46. The minimum atomic E-state index is -5.11. The average molecular weight is 386 g/mol. The summed E-state index contributed by atoms with van der Waals surface area (Å²) in [6, 6.07) is 10.0. The van der Waals surface area contributed by atoms with Crippen LogP contribution in [-0.4, -0.2) is 27.9 Å². The van der Waals surface area contributed by atoms with Gasteiger partial charge in [-0.25, -0.2) is 0 Å². The molecule has 132 valence electrons. The number of Topliss-reactive ketones (excluding diaryl/α,β-unsaturated/α-hetero) is 1. The molecule has 1 fully saturated rings. The van der Waals surface area contributed by atoms with Gasteiger partial charge in [0.1, 0.15) is 5.92 Å². The van der Waals surface area contributed by atoms with Gasteiger partial charge in [-0.1, -0.05) is 36.4 Å². The van der Waals surface area contributed by atoms with E-state index in [1.54, 1.807) is 41.8 Å². The molecule has 0 amide bonds. The second-order valence-corrected chi connectivity index (χ2v) is 6.93. The summed E-state index contributed by atoms with van der Waals surface area (Å²) in [5.74, 6) is -2.66. The molecule has 0 aliphatic carbocycles. The minimum absolute atomic E-state index is 0.130. The number of ketones is 1. The van der Waals surface area contributed by atoms with Gasteiger partial charge in [-0.05, 0) is 29.2 Å². The second kappa shape index (κ2) is 6.40. The SMILES string of the molecule is O=C(c1cccs1)[C@@H]1[C@H](c2ccccc2)NC(=S)N[C@@]1(O)C(F)(F)F. The van der Waals surface area contributed by atoms with Gasteiger partial charge in [0.2, 0.25) is 5.72 Å². The second-order valence-electron chi connectivity index (χ2n) is 5.57. The van der Waals surface area contributed by atoms with E-state index in [-0.39, 0.29) is 9.99 Å². The van der Waals surface area contributed by atoms with Crippen LogP contribution in [0.15, 0.2) is 47.8 Å². The van der Waals surface area contributed by atoms with Crippen LogP contribution in [0.4, 0.5) is 13.2 Å². The standard InChI is InChI=1S/C16H13F3N2O2S2/c17-16(18,19)15(23)11(13(22)10-7-4-8-25-10)12(20-14(24)21-15)9-5-2-1-3-6-9/h1-8,11-12,23H,(H2,20,21,24)/t11-,12-,15-/m0/s1. The summed E-state index contributed by atoms with van der Waals surface area (Å²) >= 11 is 5.87. The number of alkyl halides is 3. The van der Waals surface area contributed by atoms with Gasteiger partial charge in [-0.15, -0.1) is 11.3 Å². The molecule has 2 aromatic rings. The molecule has 0 radical (unpaired) electrons. The van der Waals surface area contributed by atoms with Gasteiger partial charge < -0.3 is 15.7 Å². The third-order valence-electron chi connectivity index (χ3n) is 4.01. The first kappa shape index (κ1) is 17.8. The maximum Gasteiger partial charge on any atom is 0.437 e. The molecule has 0 unspecified atom stereocenters. The van der Waals surface area contributed by atoms with Crippen molar-refractivity contribution in [3.05, 3.63) is 58.3 Å². The van der Waals surface area contributed by atoms with Crippen molar-refractivity contribution in [3.63, 3.8) is 0 Å². The molecule has 3 N–H and O–H groups in total. The molecule has 1 aliphatic rings. The maximum atomic E-state index is 13.7. The van der Waals surface area contributed by atoms with Gasteiger partial charge in [0.15, 0.2) is 10.9 Å². The monoisotopic (exact) mass is 386 g/mol. The van der Waals surface area contributed by atoms with Crippen LogP contribution >= 0.6 is 23.6 Å². The first-order chi connectivity index (χ1) is 11.7. The number of hydrogen-bond donors (Lipinski definition) is 3. The van der Waals surface area contributed by atoms with E-state index in [1.165, 1.54) is 6.07 Å². The number of hydrogen-bond acceptors (Lipinski definition) is 4. The molecule has 25 heavy (non-hydrogen) atoms. The molecule has 0 bridgehead atoms. The van der Waals surface area contributed by atoms with Crippen LogP contribution in [0.5, 0.6) is 0 Å². The molecule has 3 rings (SSSR count). The number of nitrogens with one attached hydrogen (secondary N) is 2. The van der Waals surface area contributed by atoms with Gasteiger partial charge in [-0.3, -0.25) is 4.79 Å². The van der Waals surface area contributed by atoms with Crippen molar-refractivity contribution in [2.45, 2.75) is 17.9 Å². The van der Waals surface area contributed by atoms with Crippen molar-refractivity contribution in [1.29, 1.82) is 0 Å². The molecule has 1 aromatic carbocycles. The number of carbonyl (C=O) groups excluding carboxylic acids is 1. The molecule has 1 aliphatic heterocycles. The van der Waals surface area contributed by atoms with Crippen LogP contribution in [0.3, 0.4) is 0 Å². The summed E-state index contributed by atoms with van der Waals surface area (Å²) in [4.78, 5) is 13.0. The molecule has 1 aromatic heterocycles. The van der Waals surface area contributed by atoms with Crippen molar-refractivity contribution in [2.75, 3.05) is 0 Å². The number of benzene rings is 1. The molecule has 0 spiro atoms. The molecule has 1 saturated heterocycles. The zero-order chi connectivity index (χ0) is 18.2. The number of halogens is 3. The Balaban J connectivity index is 2.15. The fourth-order valence-corrected chi connectivity index (χ4v) is 3.84. The Bertz CT molecular complexity index is 780. The summed E-state index contributed by atoms with van der Waals surface area (Å²) in [5, 5.41) is 16.2. The topological polar surface area (TPSA) is 61.4 Å². The normalized spacial score (nSPS) is 26.6. The van der Waals surface area contributed by atoms with Crippen LogP contribution in [0, 0.1) is 5.92 Å². The predicted octanol–water partition coefficient (Wildman–Crippen LogP) is 3.02. The van der Waals surface area contributed by atoms with E-state index in [0.717, 1.165) is 11.3 Å². The zero-order valence-electron chi connectivity index (χ0n) is 12.6. The summed E-state index contributed by atoms with van der Waals surface area (Å²) in [5.41, 5.74) is -3.05. The number of aliphatic hydroxyl groups is 1. The van der Waals surface area contributed by atoms with E-state index < -0.39 is 29.6 Å². The maximum absolute atomic E-state index is 13.7. The van der Waals surface area contributed by atoms with E-state index in [2.05, 4.69) is 5.32 Å². The number of carbonyl (C=O) groups is 1. The third-order valence-corrected chi connectivity index (χ3v) is 5.12. The van der Waals surface area contributed by atoms with Gasteiger partial charge in [0.05, 0.1) is 10.9 Å². The fourth-order valence-electron chi connectivity index (χ4n) is 2.85. The highest BCUT2D eigenvalue weighted by atomic mass is 32.1. The predicted molar refractivity (Wildman–Crippen MR) is 91.2 cm³/mol. The first-order valence-electron chi connectivity index (χ1n) is 7.24. The molecule has 2 heterocycles. The van der Waals surface area contributed by atoms with E-state index in [0.29, 0.717) is 5.56 Å². The highest BCUT2D eigenvalue weighted by molar-refractivity contribution is 7.80. The minimum Gasteiger partial charge on any atom is -0.363 e. The molecule has 0 saturated carbocycles. The van der Waals surface area contributed by atoms with Crippen molar-refractivity contribution >= 4 is 34.5 Å². The summed E-state index contributed by atoms with van der Waals surface area (Å²) in [6.07, 6.45) is -5.11. The Labute approximate surface area is 150 Å². The Hall–Kier alpha value is -1.97. The van der Waals surface area contributed by atoms with E-state index in [4.69, 9.17) is 12.2 Å². The lowest BCUT2D eigenvalue weighted by atomic mass is 9.79. The highest BCUT2D eigenvalue weighted by Gasteiger charge is 2.65. The van der Waals surface area contributed by atoms with E-state index in [9.17, 15) is 23.1 Å². The third kappa shape index (κ3) is 3.14. The van der Waals surface area contributed by atoms with Crippen LogP contribution in [-0.2, 0) is 0 Å². The quantitative estimate of drug-likeness (QED) is 0.559. The highest BCUT2D eigenvalue weighted by Crippen LogP contribution is 2.44. The smallest absolute Gasteiger partial charge is 0.363 e. The van der Waals surface area contributed by atoms with Gasteiger partial charge in [-0.2, -0.15) is 13.2 Å². The Morgan fingerprint density at radius 2 is 1.88 bits per heavy atom. The first-order valence-corrected chi connectivity index (χ1v) is 8.53. The van der Waals surface area contributed by atoms with Crippen LogP contribution in [0.25, 0.3) is 0 Å². The van der Waals surface area contributed by atoms with Crippen LogP contribution < -0.4 is 10.6 Å². The Morgan fingerprint density at radius 1 is 1.20 bits per heavy atom. The average Bonchev–Trinajstić information content (AvgIpc) is 3.08. The summed E-state index contributed by atoms with van der Waals surface area (Å²) in [6.45, 7) is 0. The van der Waals surface area contributed by atoms with Crippen molar-refractivity contribution in [3.8, 4) is 0 Å². The Kier molecular flexibility index (Phi) is 4.56. The molecule has 9 heteroatoms. The zero-order valence-corrected chi connectivity index (χ0v) is 14.2. The lowest BCUT2D eigenvalue weighted by molar-refractivity contribution is -0.285. The summed E-state index contributed by atoms with van der Waals surface area (Å²) in [7, 11) is 0. The Morgan fingerprint density at radius 3 is 2.44 bits per heavy atom. The van der Waals surface area contributed by atoms with Gasteiger partial charge in [0.25, 0.3) is 0 Å². The van der Waals surface area contributed by atoms with Crippen LogP contribution in [0.1, 0.15) is 21.3 Å². The molecule has 4 nitrogen and oxygen atoms in total. The number of thiophene rings is 1. The van der Waals surface area contributed by atoms with E-state index >= 15 is 0 Å². The number of thiocarbonyl (C=S) groups is 1. The fraction of sp³-hybridized carbons (Fsp3) is 0.250. The summed E-state index contributed by atoms with van der Waals surface area (Å²) < 4.78 is 41.1. The van der Waals surface area contributed by atoms with Crippen LogP contribution in [0.2, 0.25) is 0 Å². The van der Waals surface area contributed by atoms with Crippen molar-refractivity contribution in [1.82, 2.24) is 10.6 Å². The molecular formula is C16H13F3N2O2S2.